The van der Waals surface area contributed by atoms with Crippen LogP contribution in [0.5, 0.6) is 0 Å². The molecular weight excluding hydrogens is 192 g/mol. The van der Waals surface area contributed by atoms with Gasteiger partial charge in [-0.05, 0) is 26.7 Å². The van der Waals surface area contributed by atoms with E-state index in [2.05, 4.69) is 10.5 Å². The van der Waals surface area contributed by atoms with E-state index in [1.807, 2.05) is 13.8 Å². The molecule has 1 saturated heterocycles. The second kappa shape index (κ2) is 4.77. The average molecular weight is 210 g/mol. The molecule has 1 aromatic heterocycles. The van der Waals surface area contributed by atoms with Gasteiger partial charge in [-0.3, -0.25) is 0 Å². The molecule has 0 aliphatic carbocycles. The summed E-state index contributed by atoms with van der Waals surface area (Å²) < 4.78 is 10.5. The molecule has 4 nitrogen and oxygen atoms in total. The van der Waals surface area contributed by atoms with Gasteiger partial charge < -0.3 is 14.6 Å². The van der Waals surface area contributed by atoms with Crippen molar-refractivity contribution in [3.8, 4) is 0 Å². The van der Waals surface area contributed by atoms with Crippen LogP contribution in [0, 0.1) is 13.8 Å². The minimum Gasteiger partial charge on any atom is -0.380 e. The summed E-state index contributed by atoms with van der Waals surface area (Å²) in [4.78, 5) is 0. The van der Waals surface area contributed by atoms with E-state index < -0.39 is 0 Å². The van der Waals surface area contributed by atoms with Crippen molar-refractivity contribution in [2.45, 2.75) is 39.3 Å². The van der Waals surface area contributed by atoms with Crippen molar-refractivity contribution in [2.75, 3.05) is 13.2 Å². The molecule has 0 bridgehead atoms. The third-order valence-electron chi connectivity index (χ3n) is 2.91. The Morgan fingerprint density at radius 3 is 2.93 bits per heavy atom. The lowest BCUT2D eigenvalue weighted by atomic mass is 10.1. The van der Waals surface area contributed by atoms with Gasteiger partial charge in [0.2, 0.25) is 0 Å². The van der Waals surface area contributed by atoms with E-state index in [4.69, 9.17) is 9.26 Å². The van der Waals surface area contributed by atoms with Crippen LogP contribution >= 0.6 is 0 Å². The Bertz CT molecular complexity index is 297. The number of ether oxygens (including phenoxy) is 1. The Hall–Kier alpha value is -0.870. The van der Waals surface area contributed by atoms with Gasteiger partial charge in [-0.1, -0.05) is 5.16 Å². The van der Waals surface area contributed by atoms with E-state index in [0.29, 0.717) is 6.04 Å². The predicted octanol–water partition coefficient (Wildman–Crippen LogP) is 1.56. The lowest BCUT2D eigenvalue weighted by Crippen LogP contribution is -2.36. The zero-order chi connectivity index (χ0) is 10.7. The highest BCUT2D eigenvalue weighted by atomic mass is 16.5. The van der Waals surface area contributed by atoms with E-state index in [-0.39, 0.29) is 0 Å². The maximum absolute atomic E-state index is 5.41. The second-order valence-electron chi connectivity index (χ2n) is 4.10. The maximum Gasteiger partial charge on any atom is 0.138 e. The van der Waals surface area contributed by atoms with Crippen molar-refractivity contribution >= 4 is 0 Å². The molecule has 2 heterocycles. The average Bonchev–Trinajstić information content (AvgIpc) is 2.58. The molecule has 0 amide bonds. The number of aromatic nitrogens is 1. The molecule has 1 atom stereocenters. The Morgan fingerprint density at radius 2 is 2.33 bits per heavy atom. The Kier molecular flexibility index (Phi) is 3.38. The van der Waals surface area contributed by atoms with E-state index in [1.54, 1.807) is 0 Å². The Morgan fingerprint density at radius 1 is 1.47 bits per heavy atom. The molecule has 0 radical (unpaired) electrons. The summed E-state index contributed by atoms with van der Waals surface area (Å²) in [7, 11) is 0. The number of rotatable bonds is 3. The molecule has 1 aromatic rings. The molecule has 1 aliphatic heterocycles. The van der Waals surface area contributed by atoms with Gasteiger partial charge in [0.05, 0.1) is 12.3 Å². The molecule has 0 saturated carbocycles. The summed E-state index contributed by atoms with van der Waals surface area (Å²) in [5.74, 6) is 0.914. The van der Waals surface area contributed by atoms with Crippen LogP contribution in [0.1, 0.15) is 29.9 Å². The van der Waals surface area contributed by atoms with Crippen LogP contribution < -0.4 is 5.32 Å². The van der Waals surface area contributed by atoms with E-state index in [0.717, 1.165) is 37.6 Å². The molecule has 15 heavy (non-hydrogen) atoms. The lowest BCUT2D eigenvalue weighted by Gasteiger charge is -2.23. The van der Waals surface area contributed by atoms with E-state index >= 15 is 0 Å². The van der Waals surface area contributed by atoms with Crippen LogP contribution in [0.2, 0.25) is 0 Å². The molecule has 4 heteroatoms. The topological polar surface area (TPSA) is 47.3 Å². The standard InChI is InChI=1S/C11H18N2O2/c1-8-11(9(2)15-13-8)6-12-10-4-3-5-14-7-10/h10,12H,3-7H2,1-2H3. The van der Waals surface area contributed by atoms with Gasteiger partial charge in [0.1, 0.15) is 5.76 Å². The molecule has 1 N–H and O–H groups in total. The van der Waals surface area contributed by atoms with Gasteiger partial charge in [0, 0.05) is 24.8 Å². The smallest absolute Gasteiger partial charge is 0.138 e. The second-order valence-corrected chi connectivity index (χ2v) is 4.10. The van der Waals surface area contributed by atoms with Gasteiger partial charge in [-0.15, -0.1) is 0 Å². The van der Waals surface area contributed by atoms with Crippen molar-refractivity contribution in [1.82, 2.24) is 10.5 Å². The van der Waals surface area contributed by atoms with E-state index in [9.17, 15) is 0 Å². The van der Waals surface area contributed by atoms with E-state index in [1.165, 1.54) is 12.0 Å². The minimum absolute atomic E-state index is 0.479. The first-order valence-electron chi connectivity index (χ1n) is 5.50. The maximum atomic E-state index is 5.41. The third kappa shape index (κ3) is 2.58. The number of aryl methyl sites for hydroxylation is 2. The highest BCUT2D eigenvalue weighted by Gasteiger charge is 2.15. The molecule has 1 fully saturated rings. The van der Waals surface area contributed by atoms with Crippen LogP contribution in [0.15, 0.2) is 4.52 Å². The molecule has 0 aromatic carbocycles. The predicted molar refractivity (Wildman–Crippen MR) is 56.7 cm³/mol. The zero-order valence-corrected chi connectivity index (χ0v) is 9.38. The Labute approximate surface area is 90.0 Å². The fourth-order valence-corrected chi connectivity index (χ4v) is 1.90. The normalized spacial score (nSPS) is 21.9. The quantitative estimate of drug-likeness (QED) is 0.822. The number of nitrogens with one attached hydrogen (secondary N) is 1. The monoisotopic (exact) mass is 210 g/mol. The van der Waals surface area contributed by atoms with Crippen LogP contribution in [0.3, 0.4) is 0 Å². The van der Waals surface area contributed by atoms with Gasteiger partial charge in [-0.25, -0.2) is 0 Å². The summed E-state index contributed by atoms with van der Waals surface area (Å²) >= 11 is 0. The molecule has 2 rings (SSSR count). The fourth-order valence-electron chi connectivity index (χ4n) is 1.90. The number of hydrogen-bond donors (Lipinski definition) is 1. The number of nitrogens with zero attached hydrogens (tertiary/aromatic N) is 1. The number of hydrogen-bond acceptors (Lipinski definition) is 4. The molecule has 1 unspecified atom stereocenters. The molecule has 84 valence electrons. The van der Waals surface area contributed by atoms with Gasteiger partial charge >= 0.3 is 0 Å². The van der Waals surface area contributed by atoms with Crippen molar-refractivity contribution in [1.29, 1.82) is 0 Å². The molecule has 1 aliphatic rings. The van der Waals surface area contributed by atoms with Gasteiger partial charge in [0.15, 0.2) is 0 Å². The molecule has 0 spiro atoms. The highest BCUT2D eigenvalue weighted by molar-refractivity contribution is 5.20. The first-order valence-corrected chi connectivity index (χ1v) is 5.50. The van der Waals surface area contributed by atoms with Crippen molar-refractivity contribution in [2.24, 2.45) is 0 Å². The fraction of sp³-hybridized carbons (Fsp3) is 0.727. The SMILES string of the molecule is Cc1noc(C)c1CNC1CCCOC1. The molecular formula is C11H18N2O2. The summed E-state index contributed by atoms with van der Waals surface area (Å²) in [5, 5.41) is 7.41. The van der Waals surface area contributed by atoms with Crippen LogP contribution in [-0.2, 0) is 11.3 Å². The van der Waals surface area contributed by atoms with Gasteiger partial charge in [-0.2, -0.15) is 0 Å². The summed E-state index contributed by atoms with van der Waals surface area (Å²) in [6.07, 6.45) is 2.35. The zero-order valence-electron chi connectivity index (χ0n) is 9.38. The largest absolute Gasteiger partial charge is 0.380 e. The van der Waals surface area contributed by atoms with Crippen molar-refractivity contribution in [3.63, 3.8) is 0 Å². The Balaban J connectivity index is 1.87. The lowest BCUT2D eigenvalue weighted by molar-refractivity contribution is 0.0699. The third-order valence-corrected chi connectivity index (χ3v) is 2.91. The van der Waals surface area contributed by atoms with Crippen LogP contribution in [0.4, 0.5) is 0 Å². The van der Waals surface area contributed by atoms with Crippen LogP contribution in [0.25, 0.3) is 0 Å². The van der Waals surface area contributed by atoms with Gasteiger partial charge in [0.25, 0.3) is 0 Å². The summed E-state index contributed by atoms with van der Waals surface area (Å²) in [5.41, 5.74) is 2.16. The van der Waals surface area contributed by atoms with Crippen molar-refractivity contribution in [3.05, 3.63) is 17.0 Å². The summed E-state index contributed by atoms with van der Waals surface area (Å²) in [6, 6.07) is 0.479. The minimum atomic E-state index is 0.479. The first-order chi connectivity index (χ1) is 7.27. The van der Waals surface area contributed by atoms with Crippen molar-refractivity contribution < 1.29 is 9.26 Å². The first kappa shape index (κ1) is 10.6. The highest BCUT2D eigenvalue weighted by Crippen LogP contribution is 2.13. The van der Waals surface area contributed by atoms with Crippen LogP contribution in [-0.4, -0.2) is 24.4 Å². The summed E-state index contributed by atoms with van der Waals surface area (Å²) in [6.45, 7) is 6.49.